The zero-order valence-corrected chi connectivity index (χ0v) is 11.2. The maximum Gasteiger partial charge on any atom is 0.251 e. The highest BCUT2D eigenvalue weighted by Crippen LogP contribution is 2.12. The summed E-state index contributed by atoms with van der Waals surface area (Å²) in [6.45, 7) is 0.297. The van der Waals surface area contributed by atoms with Crippen LogP contribution in [0.1, 0.15) is 16.2 Å². The molecule has 0 bridgehead atoms. The van der Waals surface area contributed by atoms with Gasteiger partial charge in [-0.05, 0) is 24.3 Å². The van der Waals surface area contributed by atoms with Crippen LogP contribution in [0.4, 0.5) is 0 Å². The van der Waals surface area contributed by atoms with Crippen molar-refractivity contribution in [3.05, 3.63) is 66.2 Å². The number of benzene rings is 1. The third kappa shape index (κ3) is 3.11. The lowest BCUT2D eigenvalue weighted by atomic mass is 10.2. The van der Waals surface area contributed by atoms with Gasteiger partial charge in [-0.25, -0.2) is 4.98 Å². The number of nitrogens with one attached hydrogen (secondary N) is 2. The Balaban J connectivity index is 1.64. The number of carbonyl (C=O) groups excluding carboxylic acids is 1. The minimum Gasteiger partial charge on any atom is -0.345 e. The number of hydrogen-bond donors (Lipinski definition) is 2. The molecule has 3 aromatic rings. The first-order chi connectivity index (χ1) is 10.3. The van der Waals surface area contributed by atoms with Crippen molar-refractivity contribution in [3.63, 3.8) is 0 Å². The van der Waals surface area contributed by atoms with Crippen molar-refractivity contribution in [2.75, 3.05) is 0 Å². The van der Waals surface area contributed by atoms with Crippen molar-refractivity contribution in [2.45, 2.75) is 6.54 Å². The highest BCUT2D eigenvalue weighted by molar-refractivity contribution is 5.93. The van der Waals surface area contributed by atoms with E-state index in [1.54, 1.807) is 24.5 Å². The number of H-pyrrole nitrogens is 1. The Morgan fingerprint density at radius 2 is 1.86 bits per heavy atom. The molecule has 3 rings (SSSR count). The number of hydrogen-bond acceptors (Lipinski definition) is 4. The van der Waals surface area contributed by atoms with Gasteiger partial charge in [0.25, 0.3) is 5.91 Å². The highest BCUT2D eigenvalue weighted by Gasteiger charge is 2.08. The average molecular weight is 279 g/mol. The SMILES string of the molecule is O=C(NCc1nc(-c2ccncc2)n[nH]1)c1ccccc1. The summed E-state index contributed by atoms with van der Waals surface area (Å²) < 4.78 is 0. The van der Waals surface area contributed by atoms with Crippen LogP contribution in [-0.4, -0.2) is 26.1 Å². The third-order valence-electron chi connectivity index (χ3n) is 2.92. The second-order valence-electron chi connectivity index (χ2n) is 4.39. The predicted molar refractivity (Wildman–Crippen MR) is 77.2 cm³/mol. The quantitative estimate of drug-likeness (QED) is 0.762. The molecule has 104 valence electrons. The lowest BCUT2D eigenvalue weighted by molar-refractivity contribution is 0.0950. The summed E-state index contributed by atoms with van der Waals surface area (Å²) in [4.78, 5) is 20.2. The highest BCUT2D eigenvalue weighted by atomic mass is 16.1. The van der Waals surface area contributed by atoms with Crippen molar-refractivity contribution in [1.29, 1.82) is 0 Å². The number of amides is 1. The van der Waals surface area contributed by atoms with E-state index in [1.807, 2.05) is 30.3 Å². The molecule has 0 atom stereocenters. The number of aromatic nitrogens is 4. The van der Waals surface area contributed by atoms with E-state index in [0.717, 1.165) is 5.56 Å². The molecule has 2 N–H and O–H groups in total. The van der Waals surface area contributed by atoms with E-state index in [0.29, 0.717) is 23.8 Å². The first kappa shape index (κ1) is 13.0. The lowest BCUT2D eigenvalue weighted by Crippen LogP contribution is -2.23. The summed E-state index contributed by atoms with van der Waals surface area (Å²) in [7, 11) is 0. The Labute approximate surface area is 121 Å². The van der Waals surface area contributed by atoms with E-state index >= 15 is 0 Å². The summed E-state index contributed by atoms with van der Waals surface area (Å²) in [6, 6.07) is 12.7. The molecule has 1 amide bonds. The Hall–Kier alpha value is -3.02. The molecule has 0 fully saturated rings. The van der Waals surface area contributed by atoms with Crippen LogP contribution in [0.2, 0.25) is 0 Å². The molecule has 0 spiro atoms. The Morgan fingerprint density at radius 1 is 1.10 bits per heavy atom. The number of carbonyl (C=O) groups is 1. The molecule has 21 heavy (non-hydrogen) atoms. The molecule has 2 aromatic heterocycles. The molecule has 0 saturated carbocycles. The van der Waals surface area contributed by atoms with Gasteiger partial charge in [0.15, 0.2) is 5.82 Å². The van der Waals surface area contributed by atoms with Gasteiger partial charge >= 0.3 is 0 Å². The van der Waals surface area contributed by atoms with E-state index in [-0.39, 0.29) is 5.91 Å². The molecule has 0 aliphatic rings. The van der Waals surface area contributed by atoms with Crippen LogP contribution < -0.4 is 5.32 Å². The van der Waals surface area contributed by atoms with Crippen LogP contribution in [0.25, 0.3) is 11.4 Å². The molecule has 0 radical (unpaired) electrons. The van der Waals surface area contributed by atoms with Gasteiger partial charge in [0.05, 0.1) is 6.54 Å². The molecule has 0 aliphatic carbocycles. The zero-order chi connectivity index (χ0) is 14.5. The molecule has 0 unspecified atom stereocenters. The van der Waals surface area contributed by atoms with Crippen LogP contribution in [0.5, 0.6) is 0 Å². The average Bonchev–Trinajstić information content (AvgIpc) is 3.03. The topological polar surface area (TPSA) is 83.6 Å². The Bertz CT molecular complexity index is 724. The standard InChI is InChI=1S/C15H13N5O/c21-15(12-4-2-1-3-5-12)17-10-13-18-14(20-19-13)11-6-8-16-9-7-11/h1-9H,10H2,(H,17,21)(H,18,19,20). The van der Waals surface area contributed by atoms with Crippen LogP contribution in [0.15, 0.2) is 54.9 Å². The molecule has 0 aliphatic heterocycles. The van der Waals surface area contributed by atoms with E-state index in [2.05, 4.69) is 25.5 Å². The summed E-state index contributed by atoms with van der Waals surface area (Å²) in [5, 5.41) is 9.73. The smallest absolute Gasteiger partial charge is 0.251 e. The van der Waals surface area contributed by atoms with Gasteiger partial charge in [-0.15, -0.1) is 0 Å². The van der Waals surface area contributed by atoms with E-state index in [9.17, 15) is 4.79 Å². The van der Waals surface area contributed by atoms with E-state index < -0.39 is 0 Å². The summed E-state index contributed by atoms with van der Waals surface area (Å²) in [5.41, 5.74) is 1.49. The molecule has 2 heterocycles. The van der Waals surface area contributed by atoms with Crippen molar-refractivity contribution >= 4 is 5.91 Å². The van der Waals surface area contributed by atoms with Crippen molar-refractivity contribution in [3.8, 4) is 11.4 Å². The maximum atomic E-state index is 11.9. The monoisotopic (exact) mass is 279 g/mol. The number of pyridine rings is 1. The van der Waals surface area contributed by atoms with E-state index in [4.69, 9.17) is 0 Å². The van der Waals surface area contributed by atoms with E-state index in [1.165, 1.54) is 0 Å². The molecule has 0 saturated heterocycles. The first-order valence-electron chi connectivity index (χ1n) is 6.48. The minimum absolute atomic E-state index is 0.141. The number of rotatable bonds is 4. The second-order valence-corrected chi connectivity index (χ2v) is 4.39. The van der Waals surface area contributed by atoms with Crippen LogP contribution >= 0.6 is 0 Å². The van der Waals surface area contributed by atoms with Gasteiger partial charge in [0.1, 0.15) is 5.82 Å². The van der Waals surface area contributed by atoms with Gasteiger partial charge < -0.3 is 5.32 Å². The molecule has 1 aromatic carbocycles. The third-order valence-corrected chi connectivity index (χ3v) is 2.92. The maximum absolute atomic E-state index is 11.9. The predicted octanol–water partition coefficient (Wildman–Crippen LogP) is 1.80. The van der Waals surface area contributed by atoms with Gasteiger partial charge in [-0.1, -0.05) is 18.2 Å². The fourth-order valence-electron chi connectivity index (χ4n) is 1.86. The lowest BCUT2D eigenvalue weighted by Gasteiger charge is -2.02. The van der Waals surface area contributed by atoms with Gasteiger partial charge in [0, 0.05) is 23.5 Å². The largest absolute Gasteiger partial charge is 0.345 e. The summed E-state index contributed by atoms with van der Waals surface area (Å²) >= 11 is 0. The van der Waals surface area contributed by atoms with Crippen molar-refractivity contribution in [2.24, 2.45) is 0 Å². The molecular weight excluding hydrogens is 266 g/mol. The van der Waals surface area contributed by atoms with Crippen LogP contribution in [0, 0.1) is 0 Å². The van der Waals surface area contributed by atoms with Crippen LogP contribution in [0.3, 0.4) is 0 Å². The number of aromatic amines is 1. The minimum atomic E-state index is -0.141. The Morgan fingerprint density at radius 3 is 2.62 bits per heavy atom. The van der Waals surface area contributed by atoms with Crippen LogP contribution in [-0.2, 0) is 6.54 Å². The number of nitrogens with zero attached hydrogens (tertiary/aromatic N) is 3. The van der Waals surface area contributed by atoms with Gasteiger partial charge in [-0.3, -0.25) is 14.9 Å². The van der Waals surface area contributed by atoms with Crippen molar-refractivity contribution in [1.82, 2.24) is 25.5 Å². The molecular formula is C15H13N5O. The fourth-order valence-corrected chi connectivity index (χ4v) is 1.86. The molecule has 6 nitrogen and oxygen atoms in total. The second kappa shape index (κ2) is 5.96. The fraction of sp³-hybridized carbons (Fsp3) is 0.0667. The van der Waals surface area contributed by atoms with Gasteiger partial charge in [0.2, 0.25) is 0 Å². The van der Waals surface area contributed by atoms with Gasteiger partial charge in [-0.2, -0.15) is 5.10 Å². The first-order valence-corrected chi connectivity index (χ1v) is 6.48. The normalized spacial score (nSPS) is 10.3. The zero-order valence-electron chi connectivity index (χ0n) is 11.2. The summed E-state index contributed by atoms with van der Waals surface area (Å²) in [6.07, 6.45) is 3.37. The molecule has 6 heteroatoms. The Kier molecular flexibility index (Phi) is 3.68. The summed E-state index contributed by atoms with van der Waals surface area (Å²) in [5.74, 6) is 1.05. The van der Waals surface area contributed by atoms with Crippen molar-refractivity contribution < 1.29 is 4.79 Å².